The van der Waals surface area contributed by atoms with Crippen molar-refractivity contribution in [1.29, 1.82) is 0 Å². The molecule has 0 saturated carbocycles. The normalized spacial score (nSPS) is 10.1. The number of nitrogens with zero attached hydrogens (tertiary/aromatic N) is 3. The minimum absolute atomic E-state index is 0.215. The average Bonchev–Trinajstić information content (AvgIpc) is 2.61. The van der Waals surface area contributed by atoms with E-state index in [2.05, 4.69) is 10.1 Å². The van der Waals surface area contributed by atoms with Crippen LogP contribution in [0.5, 0.6) is 0 Å². The quantitative estimate of drug-likeness (QED) is 0.714. The summed E-state index contributed by atoms with van der Waals surface area (Å²) < 4.78 is 1.43. The number of primary amides is 1. The summed E-state index contributed by atoms with van der Waals surface area (Å²) in [6.07, 6.45) is 4.57. The fraction of sp³-hybridized carbons (Fsp3) is 0. The summed E-state index contributed by atoms with van der Waals surface area (Å²) in [5.74, 6) is -0.360. The summed E-state index contributed by atoms with van der Waals surface area (Å²) >= 11 is 0. The zero-order valence-corrected chi connectivity index (χ0v) is 7.79. The molecule has 15 heavy (non-hydrogen) atoms. The standard InChI is InChI=1S/C9H9N5O/c10-8-7(9(11)15)5-13-14(8)6-1-3-12-4-2-6/h1-5H,10H2,(H2,11,15). The highest BCUT2D eigenvalue weighted by Crippen LogP contribution is 2.15. The van der Waals surface area contributed by atoms with Gasteiger partial charge in [0, 0.05) is 12.4 Å². The zero-order chi connectivity index (χ0) is 10.8. The molecule has 76 valence electrons. The highest BCUT2D eigenvalue weighted by atomic mass is 16.1. The van der Waals surface area contributed by atoms with Crippen molar-refractivity contribution in [2.75, 3.05) is 5.73 Å². The lowest BCUT2D eigenvalue weighted by Crippen LogP contribution is -2.13. The van der Waals surface area contributed by atoms with Crippen molar-refractivity contribution in [3.8, 4) is 5.69 Å². The Morgan fingerprint density at radius 3 is 2.53 bits per heavy atom. The van der Waals surface area contributed by atoms with Crippen LogP contribution in [-0.2, 0) is 0 Å². The SMILES string of the molecule is NC(=O)c1cnn(-c2ccncc2)c1N. The summed E-state index contributed by atoms with van der Waals surface area (Å²) in [4.78, 5) is 14.8. The molecule has 0 spiro atoms. The van der Waals surface area contributed by atoms with E-state index in [-0.39, 0.29) is 11.4 Å². The molecule has 6 nitrogen and oxygen atoms in total. The van der Waals surface area contributed by atoms with Gasteiger partial charge in [-0.25, -0.2) is 4.68 Å². The van der Waals surface area contributed by atoms with Gasteiger partial charge in [0.25, 0.3) is 5.91 Å². The first-order valence-corrected chi connectivity index (χ1v) is 4.24. The van der Waals surface area contributed by atoms with Crippen molar-refractivity contribution in [2.45, 2.75) is 0 Å². The molecule has 0 bridgehead atoms. The van der Waals surface area contributed by atoms with Crippen LogP contribution < -0.4 is 11.5 Å². The Hall–Kier alpha value is -2.37. The van der Waals surface area contributed by atoms with Gasteiger partial charge in [0.1, 0.15) is 11.4 Å². The van der Waals surface area contributed by atoms with Crippen LogP contribution in [-0.4, -0.2) is 20.7 Å². The average molecular weight is 203 g/mol. The van der Waals surface area contributed by atoms with Crippen LogP contribution in [0.2, 0.25) is 0 Å². The topological polar surface area (TPSA) is 99.8 Å². The number of carbonyl (C=O) groups excluding carboxylic acids is 1. The second-order valence-corrected chi connectivity index (χ2v) is 2.92. The number of nitrogens with two attached hydrogens (primary N) is 2. The van der Waals surface area contributed by atoms with E-state index in [4.69, 9.17) is 11.5 Å². The molecule has 0 radical (unpaired) electrons. The molecule has 0 saturated heterocycles. The summed E-state index contributed by atoms with van der Waals surface area (Å²) in [5.41, 5.74) is 11.8. The molecule has 0 aliphatic carbocycles. The highest BCUT2D eigenvalue weighted by Gasteiger charge is 2.12. The van der Waals surface area contributed by atoms with Crippen LogP contribution >= 0.6 is 0 Å². The fourth-order valence-electron chi connectivity index (χ4n) is 1.24. The minimum atomic E-state index is -0.590. The van der Waals surface area contributed by atoms with Crippen molar-refractivity contribution < 1.29 is 4.79 Å². The van der Waals surface area contributed by atoms with Crippen molar-refractivity contribution in [2.24, 2.45) is 5.73 Å². The predicted molar refractivity (Wildman–Crippen MR) is 54.3 cm³/mol. The van der Waals surface area contributed by atoms with Gasteiger partial charge in [0.05, 0.1) is 11.9 Å². The fourth-order valence-corrected chi connectivity index (χ4v) is 1.24. The van der Waals surface area contributed by atoms with Crippen LogP contribution in [0, 0.1) is 0 Å². The number of hydrogen-bond donors (Lipinski definition) is 2. The maximum absolute atomic E-state index is 10.9. The first kappa shape index (κ1) is 9.20. The Balaban J connectivity index is 2.52. The Labute approximate surface area is 85.5 Å². The number of pyridine rings is 1. The van der Waals surface area contributed by atoms with Crippen LogP contribution in [0.25, 0.3) is 5.69 Å². The Kier molecular flexibility index (Phi) is 2.09. The molecule has 1 amide bonds. The lowest BCUT2D eigenvalue weighted by Gasteiger charge is -2.02. The number of amides is 1. The van der Waals surface area contributed by atoms with Crippen molar-refractivity contribution >= 4 is 11.7 Å². The number of anilines is 1. The monoisotopic (exact) mass is 203 g/mol. The lowest BCUT2D eigenvalue weighted by atomic mass is 10.3. The number of carbonyl (C=O) groups is 1. The number of hydrogen-bond acceptors (Lipinski definition) is 4. The van der Waals surface area contributed by atoms with E-state index >= 15 is 0 Å². The van der Waals surface area contributed by atoms with Gasteiger partial charge in [-0.05, 0) is 12.1 Å². The van der Waals surface area contributed by atoms with Crippen LogP contribution in [0.15, 0.2) is 30.7 Å². The maximum atomic E-state index is 10.9. The summed E-state index contributed by atoms with van der Waals surface area (Å²) in [5, 5.41) is 3.97. The third kappa shape index (κ3) is 1.52. The molecule has 2 aromatic rings. The van der Waals surface area contributed by atoms with Gasteiger partial charge in [0.15, 0.2) is 0 Å². The zero-order valence-electron chi connectivity index (χ0n) is 7.79. The third-order valence-electron chi connectivity index (χ3n) is 1.98. The third-order valence-corrected chi connectivity index (χ3v) is 1.98. The molecule has 0 aliphatic rings. The molecule has 2 heterocycles. The van der Waals surface area contributed by atoms with Gasteiger partial charge in [-0.1, -0.05) is 0 Å². The van der Waals surface area contributed by atoms with Gasteiger partial charge >= 0.3 is 0 Å². The summed E-state index contributed by atoms with van der Waals surface area (Å²) in [7, 11) is 0. The van der Waals surface area contributed by atoms with E-state index in [1.54, 1.807) is 24.5 Å². The number of aromatic nitrogens is 3. The van der Waals surface area contributed by atoms with E-state index in [9.17, 15) is 4.79 Å². The van der Waals surface area contributed by atoms with Gasteiger partial charge in [-0.15, -0.1) is 0 Å². The van der Waals surface area contributed by atoms with Gasteiger partial charge in [-0.3, -0.25) is 9.78 Å². The molecule has 0 aliphatic heterocycles. The molecule has 4 N–H and O–H groups in total. The summed E-state index contributed by atoms with van der Waals surface area (Å²) in [6, 6.07) is 3.46. The van der Waals surface area contributed by atoms with Crippen molar-refractivity contribution in [1.82, 2.24) is 14.8 Å². The molecule has 6 heteroatoms. The Morgan fingerprint density at radius 2 is 2.00 bits per heavy atom. The smallest absolute Gasteiger partial charge is 0.254 e. The molecule has 0 unspecified atom stereocenters. The largest absolute Gasteiger partial charge is 0.383 e. The van der Waals surface area contributed by atoms with Gasteiger partial charge < -0.3 is 11.5 Å². The van der Waals surface area contributed by atoms with Gasteiger partial charge in [0.2, 0.25) is 0 Å². The maximum Gasteiger partial charge on any atom is 0.254 e. The second-order valence-electron chi connectivity index (χ2n) is 2.92. The molecule has 0 fully saturated rings. The predicted octanol–water partition coefficient (Wildman–Crippen LogP) is -0.0516. The second kappa shape index (κ2) is 3.41. The Bertz CT molecular complexity index is 490. The molecule has 2 aromatic heterocycles. The minimum Gasteiger partial charge on any atom is -0.383 e. The van der Waals surface area contributed by atoms with E-state index in [1.807, 2.05) is 0 Å². The number of nitrogen functional groups attached to an aromatic ring is 1. The van der Waals surface area contributed by atoms with E-state index in [0.29, 0.717) is 0 Å². The molecule has 2 rings (SSSR count). The molecular formula is C9H9N5O. The first-order chi connectivity index (χ1) is 7.20. The van der Waals surface area contributed by atoms with Crippen LogP contribution in [0.3, 0.4) is 0 Å². The van der Waals surface area contributed by atoms with E-state index in [0.717, 1.165) is 5.69 Å². The van der Waals surface area contributed by atoms with Gasteiger partial charge in [-0.2, -0.15) is 5.10 Å². The highest BCUT2D eigenvalue weighted by molar-refractivity contribution is 5.97. The van der Waals surface area contributed by atoms with E-state index < -0.39 is 5.91 Å². The van der Waals surface area contributed by atoms with Crippen LogP contribution in [0.1, 0.15) is 10.4 Å². The molecule has 0 atom stereocenters. The van der Waals surface area contributed by atoms with Crippen molar-refractivity contribution in [3.05, 3.63) is 36.3 Å². The summed E-state index contributed by atoms with van der Waals surface area (Å²) in [6.45, 7) is 0. The molecular weight excluding hydrogens is 194 g/mol. The molecule has 0 aromatic carbocycles. The Morgan fingerprint density at radius 1 is 1.33 bits per heavy atom. The first-order valence-electron chi connectivity index (χ1n) is 4.24. The van der Waals surface area contributed by atoms with Crippen molar-refractivity contribution in [3.63, 3.8) is 0 Å². The lowest BCUT2D eigenvalue weighted by molar-refractivity contribution is 0.100. The van der Waals surface area contributed by atoms with Crippen LogP contribution in [0.4, 0.5) is 5.82 Å². The number of rotatable bonds is 2. The van der Waals surface area contributed by atoms with E-state index in [1.165, 1.54) is 10.9 Å².